The molecule has 2 heterocycles. The highest BCUT2D eigenvalue weighted by Crippen LogP contribution is 2.28. The van der Waals surface area contributed by atoms with Crippen LogP contribution in [-0.4, -0.2) is 46.3 Å². The number of nitrogens with zero attached hydrogens (tertiary/aromatic N) is 4. The van der Waals surface area contributed by atoms with E-state index < -0.39 is 0 Å². The molecule has 1 aromatic heterocycles. The van der Waals surface area contributed by atoms with E-state index >= 15 is 0 Å². The SMILES string of the molecule is CN(Cc1ccccc1)C(=O)c1cncc([C@@H]2CCCN2C)n1. The number of likely N-dealkylation sites (tertiary alicyclic amines) is 1. The Kier molecular flexibility index (Phi) is 4.67. The summed E-state index contributed by atoms with van der Waals surface area (Å²) in [4.78, 5) is 25.4. The van der Waals surface area contributed by atoms with Crippen LogP contribution in [0.4, 0.5) is 0 Å². The van der Waals surface area contributed by atoms with Gasteiger partial charge in [0.1, 0.15) is 5.69 Å². The topological polar surface area (TPSA) is 49.3 Å². The summed E-state index contributed by atoms with van der Waals surface area (Å²) >= 11 is 0. The Hall–Kier alpha value is -2.27. The Morgan fingerprint density at radius 1 is 1.30 bits per heavy atom. The molecular formula is C18H22N4O. The molecule has 1 saturated heterocycles. The maximum absolute atomic E-state index is 12.6. The maximum atomic E-state index is 12.6. The number of benzene rings is 1. The van der Waals surface area contributed by atoms with Gasteiger partial charge >= 0.3 is 0 Å². The van der Waals surface area contributed by atoms with Crippen molar-refractivity contribution in [3.8, 4) is 0 Å². The Labute approximate surface area is 137 Å². The molecule has 0 unspecified atom stereocenters. The molecule has 0 saturated carbocycles. The molecule has 0 bridgehead atoms. The van der Waals surface area contributed by atoms with Crippen molar-refractivity contribution in [2.45, 2.75) is 25.4 Å². The largest absolute Gasteiger partial charge is 0.336 e. The predicted molar refractivity (Wildman–Crippen MR) is 88.9 cm³/mol. The van der Waals surface area contributed by atoms with E-state index in [0.717, 1.165) is 30.6 Å². The van der Waals surface area contributed by atoms with Crippen LogP contribution in [-0.2, 0) is 6.54 Å². The molecule has 5 nitrogen and oxygen atoms in total. The third-order valence-electron chi connectivity index (χ3n) is 4.34. The molecule has 0 N–H and O–H groups in total. The monoisotopic (exact) mass is 310 g/mol. The molecule has 1 aliphatic rings. The number of rotatable bonds is 4. The summed E-state index contributed by atoms with van der Waals surface area (Å²) in [5.41, 5.74) is 2.41. The molecule has 1 amide bonds. The summed E-state index contributed by atoms with van der Waals surface area (Å²) in [6, 6.07) is 10.2. The Morgan fingerprint density at radius 3 is 2.78 bits per heavy atom. The van der Waals surface area contributed by atoms with E-state index in [9.17, 15) is 4.79 Å². The summed E-state index contributed by atoms with van der Waals surface area (Å²) in [6.07, 6.45) is 5.57. The van der Waals surface area contributed by atoms with E-state index in [2.05, 4.69) is 21.9 Å². The van der Waals surface area contributed by atoms with Crippen LogP contribution in [0.15, 0.2) is 42.7 Å². The number of aromatic nitrogens is 2. The lowest BCUT2D eigenvalue weighted by Crippen LogP contribution is -2.28. The molecule has 3 rings (SSSR count). The van der Waals surface area contributed by atoms with Crippen LogP contribution in [0.3, 0.4) is 0 Å². The Bertz CT molecular complexity index is 674. The van der Waals surface area contributed by atoms with E-state index in [1.165, 1.54) is 0 Å². The van der Waals surface area contributed by atoms with Gasteiger partial charge in [-0.2, -0.15) is 0 Å². The zero-order valence-electron chi connectivity index (χ0n) is 13.6. The van der Waals surface area contributed by atoms with Crippen molar-refractivity contribution in [2.24, 2.45) is 0 Å². The van der Waals surface area contributed by atoms with Crippen LogP contribution in [0.1, 0.15) is 40.6 Å². The van der Waals surface area contributed by atoms with Crippen LogP contribution in [0, 0.1) is 0 Å². The van der Waals surface area contributed by atoms with Crippen LogP contribution >= 0.6 is 0 Å². The minimum atomic E-state index is -0.0937. The summed E-state index contributed by atoms with van der Waals surface area (Å²) in [5.74, 6) is -0.0937. The molecule has 0 radical (unpaired) electrons. The van der Waals surface area contributed by atoms with E-state index in [-0.39, 0.29) is 11.9 Å². The molecule has 1 atom stereocenters. The number of hydrogen-bond donors (Lipinski definition) is 0. The first-order valence-electron chi connectivity index (χ1n) is 7.96. The summed E-state index contributed by atoms with van der Waals surface area (Å²) in [5, 5.41) is 0. The van der Waals surface area contributed by atoms with Gasteiger partial charge in [0.2, 0.25) is 0 Å². The summed E-state index contributed by atoms with van der Waals surface area (Å²) in [6.45, 7) is 1.63. The van der Waals surface area contributed by atoms with Crippen molar-refractivity contribution < 1.29 is 4.79 Å². The fourth-order valence-electron chi connectivity index (χ4n) is 3.05. The first-order chi connectivity index (χ1) is 11.1. The standard InChI is InChI=1S/C18H22N4O/c1-21-10-6-9-17(21)15-11-19-12-16(20-15)18(23)22(2)13-14-7-4-3-5-8-14/h3-5,7-8,11-12,17H,6,9-10,13H2,1-2H3/t17-/m0/s1. The highest BCUT2D eigenvalue weighted by Gasteiger charge is 2.25. The molecule has 1 aliphatic heterocycles. The van der Waals surface area contributed by atoms with Gasteiger partial charge in [0.05, 0.1) is 24.1 Å². The third kappa shape index (κ3) is 3.56. The van der Waals surface area contributed by atoms with Gasteiger partial charge in [0.15, 0.2) is 0 Å². The van der Waals surface area contributed by atoms with Gasteiger partial charge in [-0.25, -0.2) is 4.98 Å². The van der Waals surface area contributed by atoms with Gasteiger partial charge in [0.25, 0.3) is 5.91 Å². The van der Waals surface area contributed by atoms with Crippen LogP contribution in [0.2, 0.25) is 0 Å². The zero-order chi connectivity index (χ0) is 16.2. The molecule has 1 fully saturated rings. The average Bonchev–Trinajstić information content (AvgIpc) is 3.01. The van der Waals surface area contributed by atoms with Gasteiger partial charge in [-0.3, -0.25) is 14.7 Å². The van der Waals surface area contributed by atoms with Crippen LogP contribution in [0.5, 0.6) is 0 Å². The zero-order valence-corrected chi connectivity index (χ0v) is 13.6. The molecular weight excluding hydrogens is 288 g/mol. The van der Waals surface area contributed by atoms with Gasteiger partial charge in [-0.05, 0) is 32.0 Å². The second-order valence-electron chi connectivity index (χ2n) is 6.11. The quantitative estimate of drug-likeness (QED) is 0.870. The van der Waals surface area contributed by atoms with Crippen molar-refractivity contribution in [2.75, 3.05) is 20.6 Å². The molecule has 120 valence electrons. The molecule has 0 spiro atoms. The molecule has 5 heteroatoms. The van der Waals surface area contributed by atoms with E-state index in [1.54, 1.807) is 24.3 Å². The number of hydrogen-bond acceptors (Lipinski definition) is 4. The van der Waals surface area contributed by atoms with Crippen molar-refractivity contribution in [3.05, 3.63) is 59.7 Å². The second-order valence-corrected chi connectivity index (χ2v) is 6.11. The normalized spacial score (nSPS) is 18.1. The van der Waals surface area contributed by atoms with Gasteiger partial charge in [-0.15, -0.1) is 0 Å². The highest BCUT2D eigenvalue weighted by molar-refractivity contribution is 5.91. The van der Waals surface area contributed by atoms with Gasteiger partial charge in [-0.1, -0.05) is 30.3 Å². The molecule has 0 aliphatic carbocycles. The lowest BCUT2D eigenvalue weighted by Gasteiger charge is -2.20. The first-order valence-corrected chi connectivity index (χ1v) is 7.96. The summed E-state index contributed by atoms with van der Waals surface area (Å²) in [7, 11) is 3.89. The Morgan fingerprint density at radius 2 is 2.09 bits per heavy atom. The third-order valence-corrected chi connectivity index (χ3v) is 4.34. The lowest BCUT2D eigenvalue weighted by molar-refractivity contribution is 0.0778. The Balaban J connectivity index is 1.74. The second kappa shape index (κ2) is 6.87. The fraction of sp³-hybridized carbons (Fsp3) is 0.389. The van der Waals surface area contributed by atoms with Crippen LogP contribution < -0.4 is 0 Å². The van der Waals surface area contributed by atoms with E-state index in [4.69, 9.17) is 0 Å². The predicted octanol–water partition coefficient (Wildman–Crippen LogP) is 2.52. The first kappa shape index (κ1) is 15.6. The van der Waals surface area contributed by atoms with E-state index in [1.807, 2.05) is 30.3 Å². The number of carbonyl (C=O) groups is 1. The van der Waals surface area contributed by atoms with Crippen molar-refractivity contribution >= 4 is 5.91 Å². The highest BCUT2D eigenvalue weighted by atomic mass is 16.2. The van der Waals surface area contributed by atoms with Gasteiger partial charge in [0, 0.05) is 13.6 Å². The smallest absolute Gasteiger partial charge is 0.274 e. The summed E-state index contributed by atoms with van der Waals surface area (Å²) < 4.78 is 0. The minimum absolute atomic E-state index is 0.0937. The van der Waals surface area contributed by atoms with E-state index in [0.29, 0.717) is 12.2 Å². The number of carbonyl (C=O) groups excluding carboxylic acids is 1. The van der Waals surface area contributed by atoms with Crippen molar-refractivity contribution in [1.82, 2.24) is 19.8 Å². The fourth-order valence-corrected chi connectivity index (χ4v) is 3.05. The molecule has 23 heavy (non-hydrogen) atoms. The van der Waals surface area contributed by atoms with Crippen LogP contribution in [0.25, 0.3) is 0 Å². The van der Waals surface area contributed by atoms with Crippen molar-refractivity contribution in [3.63, 3.8) is 0 Å². The average molecular weight is 310 g/mol. The van der Waals surface area contributed by atoms with Crippen molar-refractivity contribution in [1.29, 1.82) is 0 Å². The lowest BCUT2D eigenvalue weighted by atomic mass is 10.1. The van der Waals surface area contributed by atoms with Gasteiger partial charge < -0.3 is 4.90 Å². The maximum Gasteiger partial charge on any atom is 0.274 e. The molecule has 1 aromatic carbocycles. The molecule has 2 aromatic rings. The minimum Gasteiger partial charge on any atom is -0.336 e. The number of amides is 1.